The van der Waals surface area contributed by atoms with Gasteiger partial charge in [0.15, 0.2) is 0 Å². The predicted octanol–water partition coefficient (Wildman–Crippen LogP) is 20.0. The van der Waals surface area contributed by atoms with E-state index in [4.69, 9.17) is 4.74 Å². The topological polar surface area (TPSA) is 95.9 Å². The highest BCUT2D eigenvalue weighted by molar-refractivity contribution is 5.76. The van der Waals surface area contributed by atoms with Crippen molar-refractivity contribution in [2.24, 2.45) is 0 Å². The third-order valence-corrected chi connectivity index (χ3v) is 14.7. The number of unbranched alkanes of at least 4 members (excludes halogenated alkanes) is 45. The van der Waals surface area contributed by atoms with Crippen molar-refractivity contribution in [2.75, 3.05) is 13.2 Å². The van der Waals surface area contributed by atoms with E-state index in [0.717, 1.165) is 77.0 Å². The lowest BCUT2D eigenvalue weighted by Crippen LogP contribution is -2.45. The van der Waals surface area contributed by atoms with E-state index in [1.807, 2.05) is 6.08 Å². The van der Waals surface area contributed by atoms with E-state index in [1.54, 1.807) is 6.08 Å². The van der Waals surface area contributed by atoms with Gasteiger partial charge in [0.2, 0.25) is 5.91 Å². The molecular formula is C65H123NO5. The van der Waals surface area contributed by atoms with Crippen molar-refractivity contribution in [3.63, 3.8) is 0 Å². The van der Waals surface area contributed by atoms with Gasteiger partial charge in [-0.3, -0.25) is 9.59 Å². The van der Waals surface area contributed by atoms with Crippen LogP contribution < -0.4 is 5.32 Å². The molecule has 0 aromatic rings. The van der Waals surface area contributed by atoms with Gasteiger partial charge in [0.25, 0.3) is 0 Å². The Kier molecular flexibility index (Phi) is 59.0. The zero-order chi connectivity index (χ0) is 51.4. The van der Waals surface area contributed by atoms with Gasteiger partial charge in [-0.25, -0.2) is 0 Å². The second-order valence-electron chi connectivity index (χ2n) is 21.8. The maximum absolute atomic E-state index is 12.5. The second-order valence-corrected chi connectivity index (χ2v) is 21.8. The van der Waals surface area contributed by atoms with Crippen molar-refractivity contribution >= 4 is 11.9 Å². The molecule has 0 rings (SSSR count). The van der Waals surface area contributed by atoms with Gasteiger partial charge in [-0.15, -0.1) is 0 Å². The molecule has 2 atom stereocenters. The van der Waals surface area contributed by atoms with E-state index in [1.165, 1.54) is 238 Å². The molecular weight excluding hydrogens is 875 g/mol. The molecule has 0 aliphatic heterocycles. The fourth-order valence-electron chi connectivity index (χ4n) is 9.80. The van der Waals surface area contributed by atoms with Crippen LogP contribution in [0.1, 0.15) is 341 Å². The monoisotopic (exact) mass is 998 g/mol. The largest absolute Gasteiger partial charge is 0.466 e. The molecule has 6 nitrogen and oxygen atoms in total. The number of hydrogen-bond donors (Lipinski definition) is 3. The summed E-state index contributed by atoms with van der Waals surface area (Å²) in [6.07, 6.45) is 76.1. The van der Waals surface area contributed by atoms with Crippen LogP contribution in [0.25, 0.3) is 0 Å². The minimum atomic E-state index is -0.852. The lowest BCUT2D eigenvalue weighted by atomic mass is 10.0. The summed E-state index contributed by atoms with van der Waals surface area (Å²) in [5.41, 5.74) is 0. The van der Waals surface area contributed by atoms with Crippen LogP contribution >= 0.6 is 0 Å². The van der Waals surface area contributed by atoms with Gasteiger partial charge >= 0.3 is 5.97 Å². The molecule has 0 fully saturated rings. The van der Waals surface area contributed by atoms with E-state index >= 15 is 0 Å². The Bertz CT molecular complexity index is 1150. The third-order valence-electron chi connectivity index (χ3n) is 14.7. The van der Waals surface area contributed by atoms with Crippen LogP contribution in [0.2, 0.25) is 0 Å². The van der Waals surface area contributed by atoms with Crippen molar-refractivity contribution < 1.29 is 24.5 Å². The number of rotatable bonds is 59. The zero-order valence-electron chi connectivity index (χ0n) is 47.7. The van der Waals surface area contributed by atoms with Gasteiger partial charge < -0.3 is 20.3 Å². The van der Waals surface area contributed by atoms with Gasteiger partial charge in [-0.2, -0.15) is 0 Å². The third kappa shape index (κ3) is 57.2. The number of ether oxygens (including phenoxy) is 1. The molecule has 0 heterocycles. The van der Waals surface area contributed by atoms with Crippen LogP contribution in [-0.2, 0) is 14.3 Å². The summed E-state index contributed by atoms with van der Waals surface area (Å²) in [5.74, 6) is -0.0859. The van der Waals surface area contributed by atoms with Gasteiger partial charge in [-0.05, 0) is 64.2 Å². The maximum atomic E-state index is 12.5. The number of aliphatic hydroxyl groups excluding tert-OH is 2. The van der Waals surface area contributed by atoms with Crippen molar-refractivity contribution in [1.29, 1.82) is 0 Å². The lowest BCUT2D eigenvalue weighted by Gasteiger charge is -2.20. The Morgan fingerprint density at radius 1 is 0.394 bits per heavy atom. The summed E-state index contributed by atoms with van der Waals surface area (Å²) in [4.78, 5) is 24.6. The van der Waals surface area contributed by atoms with E-state index in [2.05, 4.69) is 43.5 Å². The first kappa shape index (κ1) is 69.1. The molecule has 6 heteroatoms. The summed E-state index contributed by atoms with van der Waals surface area (Å²) in [6, 6.07) is -0.636. The van der Waals surface area contributed by atoms with E-state index in [-0.39, 0.29) is 18.5 Å². The molecule has 71 heavy (non-hydrogen) atoms. The molecule has 418 valence electrons. The predicted molar refractivity (Wildman–Crippen MR) is 310 cm³/mol. The van der Waals surface area contributed by atoms with Crippen LogP contribution in [0.4, 0.5) is 0 Å². The summed E-state index contributed by atoms with van der Waals surface area (Å²) in [5, 5.41) is 23.2. The molecule has 1 amide bonds. The maximum Gasteiger partial charge on any atom is 0.305 e. The van der Waals surface area contributed by atoms with Crippen molar-refractivity contribution in [1.82, 2.24) is 5.32 Å². The first-order chi connectivity index (χ1) is 35.0. The number of allylic oxidation sites excluding steroid dienone is 5. The minimum Gasteiger partial charge on any atom is -0.466 e. The van der Waals surface area contributed by atoms with E-state index in [0.29, 0.717) is 19.4 Å². The Morgan fingerprint density at radius 2 is 0.690 bits per heavy atom. The van der Waals surface area contributed by atoms with Gasteiger partial charge in [0, 0.05) is 12.8 Å². The molecule has 0 spiro atoms. The van der Waals surface area contributed by atoms with E-state index < -0.39 is 12.1 Å². The first-order valence-corrected chi connectivity index (χ1v) is 31.8. The number of carbonyl (C=O) groups is 2. The van der Waals surface area contributed by atoms with Crippen LogP contribution in [0.15, 0.2) is 36.5 Å². The Morgan fingerprint density at radius 3 is 1.04 bits per heavy atom. The van der Waals surface area contributed by atoms with Crippen molar-refractivity contribution in [3.05, 3.63) is 36.5 Å². The van der Waals surface area contributed by atoms with Crippen LogP contribution in [-0.4, -0.2) is 47.4 Å². The number of hydrogen-bond acceptors (Lipinski definition) is 5. The summed E-state index contributed by atoms with van der Waals surface area (Å²) < 4.78 is 5.47. The quantitative estimate of drug-likeness (QED) is 0.0244. The highest BCUT2D eigenvalue weighted by atomic mass is 16.5. The highest BCUT2D eigenvalue weighted by Crippen LogP contribution is 2.17. The van der Waals surface area contributed by atoms with Gasteiger partial charge in [0.1, 0.15) is 0 Å². The van der Waals surface area contributed by atoms with Gasteiger partial charge in [-0.1, -0.05) is 301 Å². The molecule has 2 unspecified atom stereocenters. The molecule has 0 bridgehead atoms. The number of nitrogens with one attached hydrogen (secondary N) is 1. The summed E-state index contributed by atoms with van der Waals surface area (Å²) in [7, 11) is 0. The summed E-state index contributed by atoms with van der Waals surface area (Å²) in [6.45, 7) is 4.89. The number of amides is 1. The van der Waals surface area contributed by atoms with Crippen LogP contribution in [0.5, 0.6) is 0 Å². The molecule has 0 aliphatic rings. The molecule has 0 aromatic heterocycles. The highest BCUT2D eigenvalue weighted by Gasteiger charge is 2.18. The van der Waals surface area contributed by atoms with Crippen molar-refractivity contribution in [3.8, 4) is 0 Å². The average molecular weight is 999 g/mol. The Hall–Kier alpha value is -1.92. The smallest absolute Gasteiger partial charge is 0.305 e. The SMILES string of the molecule is CCCCCCCCCCCCCCCCCCC/C=C/C(O)C(CO)NC(=O)CCCCCCCCCCCC/C=C\C=C/CCCCCOC(=O)CCCCCCCCCCCCCCCCCC. The Labute approximate surface area is 443 Å². The zero-order valence-corrected chi connectivity index (χ0v) is 47.7. The average Bonchev–Trinajstić information content (AvgIpc) is 3.37. The molecule has 0 aromatic carbocycles. The molecule has 0 saturated carbocycles. The number of esters is 1. The van der Waals surface area contributed by atoms with Gasteiger partial charge in [0.05, 0.1) is 25.4 Å². The molecule has 0 radical (unpaired) electrons. The Balaban J connectivity index is 3.49. The minimum absolute atomic E-state index is 0.0104. The van der Waals surface area contributed by atoms with Crippen LogP contribution in [0, 0.1) is 0 Å². The molecule has 3 N–H and O–H groups in total. The normalized spacial score (nSPS) is 12.8. The fourth-order valence-corrected chi connectivity index (χ4v) is 9.80. The first-order valence-electron chi connectivity index (χ1n) is 31.8. The fraction of sp³-hybridized carbons (Fsp3) is 0.877. The standard InChI is InChI=1S/C65H123NO5/c1-3-5-7-9-11-13-15-17-19-21-23-26-29-33-37-41-45-49-53-57-63(68)62(61-67)66-64(69)58-54-50-46-42-38-34-30-27-24-22-25-28-32-36-40-44-48-52-56-60-71-65(70)59-55-51-47-43-39-35-31-20-18-16-14-12-10-8-6-4-2/h28,32,36,40,53,57,62-63,67-68H,3-27,29-31,33-35,37-39,41-52,54-56,58-61H2,1-2H3,(H,66,69)/b32-28-,40-36-,57-53+. The van der Waals surface area contributed by atoms with E-state index in [9.17, 15) is 19.8 Å². The number of carbonyl (C=O) groups excluding carboxylic acids is 2. The second kappa shape index (κ2) is 60.6. The number of aliphatic hydroxyl groups is 2. The molecule has 0 aliphatic carbocycles. The van der Waals surface area contributed by atoms with Crippen molar-refractivity contribution in [2.45, 2.75) is 353 Å². The summed E-state index contributed by atoms with van der Waals surface area (Å²) >= 11 is 0. The lowest BCUT2D eigenvalue weighted by molar-refractivity contribution is -0.143. The molecule has 0 saturated heterocycles. The van der Waals surface area contributed by atoms with Crippen LogP contribution in [0.3, 0.4) is 0 Å².